The van der Waals surface area contributed by atoms with E-state index in [2.05, 4.69) is 55.9 Å². The molecule has 0 unspecified atom stereocenters. The minimum Gasteiger partial charge on any atom is -0.350 e. The smallest absolute Gasteiger partial charge is 0.201 e. The fourth-order valence-corrected chi connectivity index (χ4v) is 6.86. The molecule has 5 heteroatoms. The molecule has 4 aliphatic heterocycles. The number of fused-ring (bicyclic) bond motifs is 3. The number of ether oxygens (including phenoxy) is 2. The predicted molar refractivity (Wildman–Crippen MR) is 109 cm³/mol. The van der Waals surface area contributed by atoms with Crippen LogP contribution in [0.2, 0.25) is 0 Å². The van der Waals surface area contributed by atoms with Gasteiger partial charge in [-0.2, -0.15) is 0 Å². The molecule has 5 fully saturated rings. The highest BCUT2D eigenvalue weighted by atomic mass is 17.3. The molecule has 156 valence electrons. The van der Waals surface area contributed by atoms with E-state index in [0.29, 0.717) is 23.7 Å². The van der Waals surface area contributed by atoms with Gasteiger partial charge in [-0.1, -0.05) is 32.0 Å². The molecule has 1 saturated carbocycles. The molecular formula is C24H31NO4. The molecule has 29 heavy (non-hydrogen) atoms. The van der Waals surface area contributed by atoms with E-state index in [9.17, 15) is 0 Å². The Labute approximate surface area is 172 Å². The molecule has 2 aromatic rings. The molecule has 4 saturated heterocycles. The topological polar surface area (TPSA) is 41.9 Å². The van der Waals surface area contributed by atoms with Crippen LogP contribution in [0.4, 0.5) is 0 Å². The molecular weight excluding hydrogens is 366 g/mol. The highest BCUT2D eigenvalue weighted by Crippen LogP contribution is 2.62. The summed E-state index contributed by atoms with van der Waals surface area (Å²) < 4.78 is 15.6. The number of aryl methyl sites for hydroxylation is 1. The SMILES string of the molecule is C[C@H]1[C@H](c2cn(C)c3ccccc23)O[C@@H]2O[C@]3(C)CC[C@H]4[C@H](C)CC[C@@H]1[C@@]24OO3. The Kier molecular flexibility index (Phi) is 3.84. The number of benzene rings is 1. The van der Waals surface area contributed by atoms with E-state index >= 15 is 0 Å². The lowest BCUT2D eigenvalue weighted by Gasteiger charge is -2.60. The standard InChI is InChI=1S/C24H31NO4/c1-14-9-10-19-15(2)21(17-13-25(4)20-8-6-5-7-16(17)20)26-22-24(19)18(14)11-12-23(3,27-22)28-29-24/h5-8,13-15,18-19,21-22H,9-12H2,1-4H3/t14-,15-,18+,19+,21-,22-,23+,24-/m1/s1. The fraction of sp³-hybridized carbons (Fsp3) is 0.667. The molecule has 1 aromatic carbocycles. The molecule has 5 heterocycles. The second kappa shape index (κ2) is 6.07. The van der Waals surface area contributed by atoms with Crippen LogP contribution in [0.15, 0.2) is 30.5 Å². The predicted octanol–water partition coefficient (Wildman–Crippen LogP) is 5.10. The Morgan fingerprint density at radius 2 is 1.86 bits per heavy atom. The van der Waals surface area contributed by atoms with Gasteiger partial charge in [0.2, 0.25) is 5.79 Å². The van der Waals surface area contributed by atoms with Crippen LogP contribution < -0.4 is 0 Å². The van der Waals surface area contributed by atoms with E-state index in [4.69, 9.17) is 19.2 Å². The van der Waals surface area contributed by atoms with Gasteiger partial charge in [-0.05, 0) is 50.0 Å². The molecule has 5 aliphatic rings. The van der Waals surface area contributed by atoms with Crippen molar-refractivity contribution in [3.8, 4) is 0 Å². The normalized spacial score (nSPS) is 46.5. The van der Waals surface area contributed by atoms with Crippen LogP contribution in [0.5, 0.6) is 0 Å². The van der Waals surface area contributed by atoms with Gasteiger partial charge in [0.25, 0.3) is 0 Å². The molecule has 0 radical (unpaired) electrons. The molecule has 1 aliphatic carbocycles. The van der Waals surface area contributed by atoms with Crippen LogP contribution in [0.25, 0.3) is 10.9 Å². The summed E-state index contributed by atoms with van der Waals surface area (Å²) in [6.45, 7) is 6.68. The van der Waals surface area contributed by atoms with Gasteiger partial charge in [0.05, 0.1) is 6.10 Å². The van der Waals surface area contributed by atoms with E-state index in [1.807, 2.05) is 6.92 Å². The average molecular weight is 398 g/mol. The van der Waals surface area contributed by atoms with Crippen molar-refractivity contribution < 1.29 is 19.2 Å². The Hall–Kier alpha value is -1.40. The number of rotatable bonds is 1. The summed E-state index contributed by atoms with van der Waals surface area (Å²) in [7, 11) is 2.11. The van der Waals surface area contributed by atoms with Gasteiger partial charge in [0, 0.05) is 42.0 Å². The van der Waals surface area contributed by atoms with Crippen LogP contribution in [0.1, 0.15) is 58.1 Å². The number of nitrogens with zero attached hydrogens (tertiary/aromatic N) is 1. The number of hydrogen-bond acceptors (Lipinski definition) is 4. The van der Waals surface area contributed by atoms with Gasteiger partial charge in [-0.25, -0.2) is 9.78 Å². The van der Waals surface area contributed by atoms with Crippen molar-refractivity contribution in [3.63, 3.8) is 0 Å². The lowest BCUT2D eigenvalue weighted by Crippen LogP contribution is -2.69. The van der Waals surface area contributed by atoms with Gasteiger partial charge >= 0.3 is 0 Å². The first-order valence-corrected chi connectivity index (χ1v) is 11.2. The minimum absolute atomic E-state index is 0.0117. The molecule has 5 nitrogen and oxygen atoms in total. The molecule has 0 N–H and O–H groups in total. The zero-order valence-corrected chi connectivity index (χ0v) is 17.8. The second-order valence-electron chi connectivity index (χ2n) is 10.0. The summed E-state index contributed by atoms with van der Waals surface area (Å²) in [6, 6.07) is 8.59. The van der Waals surface area contributed by atoms with Crippen molar-refractivity contribution in [1.29, 1.82) is 0 Å². The zero-order valence-electron chi connectivity index (χ0n) is 17.8. The van der Waals surface area contributed by atoms with Crippen molar-refractivity contribution in [1.82, 2.24) is 4.57 Å². The Morgan fingerprint density at radius 1 is 1.03 bits per heavy atom. The number of hydrogen-bond donors (Lipinski definition) is 0. The average Bonchev–Trinajstić information content (AvgIpc) is 2.87. The first-order valence-electron chi connectivity index (χ1n) is 11.2. The summed E-state index contributed by atoms with van der Waals surface area (Å²) in [5.74, 6) is 0.954. The van der Waals surface area contributed by atoms with Gasteiger partial charge < -0.3 is 14.0 Å². The number of aromatic nitrogens is 1. The Morgan fingerprint density at radius 3 is 2.72 bits per heavy atom. The molecule has 8 atom stereocenters. The van der Waals surface area contributed by atoms with Crippen LogP contribution >= 0.6 is 0 Å². The third-order valence-electron chi connectivity index (χ3n) is 8.39. The van der Waals surface area contributed by atoms with Crippen LogP contribution in [-0.4, -0.2) is 22.2 Å². The first-order chi connectivity index (χ1) is 13.9. The molecule has 1 aromatic heterocycles. The van der Waals surface area contributed by atoms with Crippen molar-refractivity contribution in [2.24, 2.45) is 30.7 Å². The Balaban J connectivity index is 1.48. The number of para-hydroxylation sites is 1. The van der Waals surface area contributed by atoms with Gasteiger partial charge in [-0.15, -0.1) is 0 Å². The van der Waals surface area contributed by atoms with Gasteiger partial charge in [0.1, 0.15) is 0 Å². The molecule has 7 rings (SSSR count). The summed E-state index contributed by atoms with van der Waals surface area (Å²) in [5, 5.41) is 1.27. The lowest BCUT2D eigenvalue weighted by molar-refractivity contribution is -0.571. The quantitative estimate of drug-likeness (QED) is 0.628. The third-order valence-corrected chi connectivity index (χ3v) is 8.39. The van der Waals surface area contributed by atoms with Crippen molar-refractivity contribution in [3.05, 3.63) is 36.0 Å². The monoisotopic (exact) mass is 397 g/mol. The summed E-state index contributed by atoms with van der Waals surface area (Å²) in [4.78, 5) is 12.2. The fourth-order valence-electron chi connectivity index (χ4n) is 6.86. The lowest BCUT2D eigenvalue weighted by atomic mass is 9.57. The maximum atomic E-state index is 6.82. The van der Waals surface area contributed by atoms with Gasteiger partial charge in [0.15, 0.2) is 11.9 Å². The van der Waals surface area contributed by atoms with Crippen LogP contribution in [0.3, 0.4) is 0 Å². The Bertz CT molecular complexity index is 956. The van der Waals surface area contributed by atoms with Crippen molar-refractivity contribution >= 4 is 10.9 Å². The van der Waals surface area contributed by atoms with Crippen LogP contribution in [-0.2, 0) is 26.3 Å². The minimum atomic E-state index is -0.721. The first kappa shape index (κ1) is 18.4. The van der Waals surface area contributed by atoms with E-state index in [1.54, 1.807) is 0 Å². The molecule has 2 bridgehead atoms. The van der Waals surface area contributed by atoms with Gasteiger partial charge in [-0.3, -0.25) is 0 Å². The molecule has 1 spiro atoms. The summed E-state index contributed by atoms with van der Waals surface area (Å²) in [5.41, 5.74) is 2.01. The maximum Gasteiger partial charge on any atom is 0.201 e. The largest absolute Gasteiger partial charge is 0.350 e. The summed E-state index contributed by atoms with van der Waals surface area (Å²) in [6.07, 6.45) is 6.12. The van der Waals surface area contributed by atoms with E-state index in [-0.39, 0.29) is 12.4 Å². The zero-order chi connectivity index (χ0) is 20.0. The maximum absolute atomic E-state index is 6.82. The summed E-state index contributed by atoms with van der Waals surface area (Å²) >= 11 is 0. The second-order valence-corrected chi connectivity index (χ2v) is 10.0. The molecule has 0 amide bonds. The van der Waals surface area contributed by atoms with Crippen molar-refractivity contribution in [2.45, 2.75) is 70.2 Å². The van der Waals surface area contributed by atoms with Crippen LogP contribution in [0, 0.1) is 23.7 Å². The highest BCUT2D eigenvalue weighted by Gasteiger charge is 2.69. The van der Waals surface area contributed by atoms with Crippen molar-refractivity contribution in [2.75, 3.05) is 0 Å². The van der Waals surface area contributed by atoms with E-state index < -0.39 is 11.4 Å². The van der Waals surface area contributed by atoms with E-state index in [1.165, 1.54) is 22.9 Å². The van der Waals surface area contributed by atoms with E-state index in [0.717, 1.165) is 19.3 Å². The highest BCUT2D eigenvalue weighted by molar-refractivity contribution is 5.84. The third kappa shape index (κ3) is 2.36.